The molecule has 0 heterocycles. The van der Waals surface area contributed by atoms with Crippen LogP contribution in [0.5, 0.6) is 0 Å². The van der Waals surface area contributed by atoms with Crippen LogP contribution < -0.4 is 5.73 Å². The molecule has 0 spiro atoms. The molecule has 62 valence electrons. The Morgan fingerprint density at radius 3 is 2.82 bits per heavy atom. The maximum atomic E-state index is 11.2. The Bertz CT molecular complexity index is 204. The van der Waals surface area contributed by atoms with Crippen LogP contribution in [0.25, 0.3) is 0 Å². The van der Waals surface area contributed by atoms with E-state index in [1.807, 2.05) is 0 Å². The molecule has 2 saturated carbocycles. The van der Waals surface area contributed by atoms with Gasteiger partial charge in [0.25, 0.3) is 0 Å². The van der Waals surface area contributed by atoms with Crippen molar-refractivity contribution in [2.24, 2.45) is 17.1 Å². The van der Waals surface area contributed by atoms with Gasteiger partial charge in [-0.3, -0.25) is 4.79 Å². The number of carbonyl (C=O) groups excluding carboxylic acids is 1. The van der Waals surface area contributed by atoms with E-state index in [0.717, 1.165) is 19.3 Å². The molecule has 0 bridgehead atoms. The third-order valence-corrected chi connectivity index (χ3v) is 3.04. The Kier molecular flexibility index (Phi) is 1.27. The average molecular weight is 155 g/mol. The van der Waals surface area contributed by atoms with E-state index in [1.165, 1.54) is 7.11 Å². The van der Waals surface area contributed by atoms with E-state index in [2.05, 4.69) is 0 Å². The van der Waals surface area contributed by atoms with Gasteiger partial charge in [-0.05, 0) is 25.2 Å². The van der Waals surface area contributed by atoms with Crippen LogP contribution in [0.1, 0.15) is 19.3 Å². The number of nitrogens with two attached hydrogens (primary N) is 1. The van der Waals surface area contributed by atoms with Gasteiger partial charge in [-0.25, -0.2) is 0 Å². The Hall–Kier alpha value is -0.570. The van der Waals surface area contributed by atoms with Crippen molar-refractivity contribution in [2.45, 2.75) is 25.3 Å². The number of carbonyl (C=O) groups is 1. The van der Waals surface area contributed by atoms with Gasteiger partial charge in [0.05, 0.1) is 12.5 Å². The molecule has 2 aliphatic carbocycles. The first-order valence-electron chi connectivity index (χ1n) is 4.03. The summed E-state index contributed by atoms with van der Waals surface area (Å²) in [5.41, 5.74) is 5.58. The van der Waals surface area contributed by atoms with Gasteiger partial charge in [-0.15, -0.1) is 0 Å². The van der Waals surface area contributed by atoms with E-state index in [-0.39, 0.29) is 17.4 Å². The molecule has 0 amide bonds. The third-order valence-electron chi connectivity index (χ3n) is 3.04. The van der Waals surface area contributed by atoms with Gasteiger partial charge in [-0.2, -0.15) is 0 Å². The number of rotatable bonds is 1. The summed E-state index contributed by atoms with van der Waals surface area (Å²) in [7, 11) is 1.45. The van der Waals surface area contributed by atoms with E-state index in [1.54, 1.807) is 0 Å². The molecule has 3 atom stereocenters. The molecule has 0 unspecified atom stereocenters. The summed E-state index contributed by atoms with van der Waals surface area (Å²) < 4.78 is 4.73. The van der Waals surface area contributed by atoms with Crippen molar-refractivity contribution in [3.63, 3.8) is 0 Å². The fourth-order valence-electron chi connectivity index (χ4n) is 2.39. The lowest BCUT2D eigenvalue weighted by atomic mass is 10.0. The van der Waals surface area contributed by atoms with E-state index in [0.29, 0.717) is 5.92 Å². The molecule has 3 heteroatoms. The summed E-state index contributed by atoms with van der Waals surface area (Å²) >= 11 is 0. The standard InChI is InChI=1S/C8H13NO2/c1-11-7(10)8-3-5(8)2-6(9)4-8/h5-6H,2-4,9H2,1H3/t5-,6+,8+/m0/s1. The number of ether oxygens (including phenoxy) is 1. The summed E-state index contributed by atoms with van der Waals surface area (Å²) in [5.74, 6) is 0.486. The predicted octanol–water partition coefficient (Wildman–Crippen LogP) is 0.287. The second-order valence-corrected chi connectivity index (χ2v) is 3.75. The quantitative estimate of drug-likeness (QED) is 0.553. The van der Waals surface area contributed by atoms with Crippen LogP contribution in [-0.4, -0.2) is 19.1 Å². The molecule has 0 saturated heterocycles. The predicted molar refractivity (Wildman–Crippen MR) is 39.8 cm³/mol. The Morgan fingerprint density at radius 2 is 2.36 bits per heavy atom. The van der Waals surface area contributed by atoms with Crippen molar-refractivity contribution in [3.8, 4) is 0 Å². The van der Waals surface area contributed by atoms with Crippen molar-refractivity contribution in [1.29, 1.82) is 0 Å². The molecule has 0 aliphatic heterocycles. The molecule has 0 aromatic heterocycles. The third kappa shape index (κ3) is 0.805. The van der Waals surface area contributed by atoms with Gasteiger partial charge in [0.15, 0.2) is 0 Å². The Morgan fingerprint density at radius 1 is 1.64 bits per heavy atom. The average Bonchev–Trinajstić information content (AvgIpc) is 2.55. The van der Waals surface area contributed by atoms with E-state index >= 15 is 0 Å². The normalized spacial score (nSPS) is 46.7. The Labute approximate surface area is 65.9 Å². The lowest BCUT2D eigenvalue weighted by Crippen LogP contribution is -2.23. The fourth-order valence-corrected chi connectivity index (χ4v) is 2.39. The van der Waals surface area contributed by atoms with Gasteiger partial charge in [-0.1, -0.05) is 0 Å². The van der Waals surface area contributed by atoms with Crippen molar-refractivity contribution in [1.82, 2.24) is 0 Å². The largest absolute Gasteiger partial charge is 0.469 e. The van der Waals surface area contributed by atoms with Gasteiger partial charge < -0.3 is 10.5 Å². The first kappa shape index (κ1) is 7.10. The van der Waals surface area contributed by atoms with Crippen LogP contribution in [-0.2, 0) is 9.53 Å². The van der Waals surface area contributed by atoms with Gasteiger partial charge in [0.2, 0.25) is 0 Å². The highest BCUT2D eigenvalue weighted by Crippen LogP contribution is 2.63. The molecule has 2 rings (SSSR count). The number of fused-ring (bicyclic) bond motifs is 1. The lowest BCUT2D eigenvalue weighted by molar-refractivity contribution is -0.147. The van der Waals surface area contributed by atoms with Gasteiger partial charge in [0, 0.05) is 6.04 Å². The smallest absolute Gasteiger partial charge is 0.312 e. The van der Waals surface area contributed by atoms with Crippen LogP contribution >= 0.6 is 0 Å². The first-order valence-corrected chi connectivity index (χ1v) is 4.03. The van der Waals surface area contributed by atoms with Gasteiger partial charge >= 0.3 is 5.97 Å². The van der Waals surface area contributed by atoms with Crippen molar-refractivity contribution in [3.05, 3.63) is 0 Å². The van der Waals surface area contributed by atoms with Crippen LogP contribution in [0.3, 0.4) is 0 Å². The minimum atomic E-state index is -0.145. The SMILES string of the molecule is COC(=O)[C@]12C[C@H](N)C[C@H]1C2. The van der Waals surface area contributed by atoms with Crippen LogP contribution in [0.4, 0.5) is 0 Å². The number of hydrogen-bond donors (Lipinski definition) is 1. The minimum Gasteiger partial charge on any atom is -0.469 e. The molecule has 11 heavy (non-hydrogen) atoms. The van der Waals surface area contributed by atoms with Crippen molar-refractivity contribution >= 4 is 5.97 Å². The van der Waals surface area contributed by atoms with Crippen LogP contribution in [0.2, 0.25) is 0 Å². The maximum absolute atomic E-state index is 11.2. The molecule has 0 radical (unpaired) electrons. The van der Waals surface area contributed by atoms with Crippen LogP contribution in [0, 0.1) is 11.3 Å². The fraction of sp³-hybridized carbons (Fsp3) is 0.875. The van der Waals surface area contributed by atoms with E-state index in [4.69, 9.17) is 10.5 Å². The highest BCUT2D eigenvalue weighted by molar-refractivity contribution is 5.81. The molecule has 0 aromatic carbocycles. The Balaban J connectivity index is 2.10. The highest BCUT2D eigenvalue weighted by atomic mass is 16.5. The first-order chi connectivity index (χ1) is 5.19. The lowest BCUT2D eigenvalue weighted by Gasteiger charge is -2.10. The van der Waals surface area contributed by atoms with Crippen molar-refractivity contribution < 1.29 is 9.53 Å². The van der Waals surface area contributed by atoms with Crippen molar-refractivity contribution in [2.75, 3.05) is 7.11 Å². The minimum absolute atomic E-state index is 0.0459. The van der Waals surface area contributed by atoms with Crippen LogP contribution in [0.15, 0.2) is 0 Å². The summed E-state index contributed by atoms with van der Waals surface area (Å²) in [6, 6.07) is 0.229. The summed E-state index contributed by atoms with van der Waals surface area (Å²) in [5, 5.41) is 0. The van der Waals surface area contributed by atoms with Gasteiger partial charge in [0.1, 0.15) is 0 Å². The number of esters is 1. The zero-order valence-electron chi connectivity index (χ0n) is 6.67. The van der Waals surface area contributed by atoms with E-state index < -0.39 is 0 Å². The number of hydrogen-bond acceptors (Lipinski definition) is 3. The molecule has 2 N–H and O–H groups in total. The monoisotopic (exact) mass is 155 g/mol. The topological polar surface area (TPSA) is 52.3 Å². The molecule has 2 fully saturated rings. The second-order valence-electron chi connectivity index (χ2n) is 3.75. The molecular weight excluding hydrogens is 142 g/mol. The summed E-state index contributed by atoms with van der Waals surface area (Å²) in [6.07, 6.45) is 2.85. The maximum Gasteiger partial charge on any atom is 0.312 e. The molecule has 3 nitrogen and oxygen atoms in total. The number of methoxy groups -OCH3 is 1. The molecule has 2 aliphatic rings. The summed E-state index contributed by atoms with van der Waals surface area (Å²) in [4.78, 5) is 11.2. The highest BCUT2D eigenvalue weighted by Gasteiger charge is 2.65. The second kappa shape index (κ2) is 1.97. The zero-order chi connectivity index (χ0) is 8.06. The summed E-state index contributed by atoms with van der Waals surface area (Å²) in [6.45, 7) is 0. The molecule has 0 aromatic rings. The molecular formula is C8H13NO2. The van der Waals surface area contributed by atoms with E-state index in [9.17, 15) is 4.79 Å². The zero-order valence-corrected chi connectivity index (χ0v) is 6.67.